The van der Waals surface area contributed by atoms with E-state index in [2.05, 4.69) is 53.6 Å². The molecule has 4 rings (SSSR count). The van der Waals surface area contributed by atoms with Gasteiger partial charge in [0.1, 0.15) is 5.69 Å². The SMILES string of the molecule is CCCCn1c(C(=O)N2CCN(c3cccc(Cl)c3)CC2)c(C)c2ccccc21. The lowest BCUT2D eigenvalue weighted by Gasteiger charge is -2.36. The molecule has 5 heteroatoms. The Bertz CT molecular complexity index is 1020. The van der Waals surface area contributed by atoms with Crippen molar-refractivity contribution in [1.29, 1.82) is 0 Å². The molecule has 4 nitrogen and oxygen atoms in total. The number of unbranched alkanes of at least 4 members (excludes halogenated alkanes) is 1. The zero-order valence-electron chi connectivity index (χ0n) is 17.2. The molecule has 1 aromatic heterocycles. The van der Waals surface area contributed by atoms with Crippen molar-refractivity contribution in [3.63, 3.8) is 0 Å². The normalized spacial score (nSPS) is 14.6. The molecule has 0 radical (unpaired) electrons. The third-order valence-corrected chi connectivity index (χ3v) is 6.14. The predicted octanol–water partition coefficient (Wildman–Crippen LogP) is 5.37. The van der Waals surface area contributed by atoms with Crippen LogP contribution in [-0.2, 0) is 6.54 Å². The second-order valence-electron chi connectivity index (χ2n) is 7.76. The van der Waals surface area contributed by atoms with E-state index in [1.165, 1.54) is 10.9 Å². The van der Waals surface area contributed by atoms with Crippen molar-refractivity contribution < 1.29 is 4.79 Å². The zero-order chi connectivity index (χ0) is 20.4. The average Bonchev–Trinajstić information content (AvgIpc) is 3.04. The number of nitrogens with zero attached hydrogens (tertiary/aromatic N) is 3. The molecule has 2 aromatic carbocycles. The summed E-state index contributed by atoms with van der Waals surface area (Å²) in [6.07, 6.45) is 2.18. The first kappa shape index (κ1) is 19.8. The van der Waals surface area contributed by atoms with E-state index in [1.807, 2.05) is 23.1 Å². The molecular weight excluding hydrogens is 382 g/mol. The first-order chi connectivity index (χ1) is 14.1. The number of hydrogen-bond donors (Lipinski definition) is 0. The highest BCUT2D eigenvalue weighted by atomic mass is 35.5. The third-order valence-electron chi connectivity index (χ3n) is 5.90. The summed E-state index contributed by atoms with van der Waals surface area (Å²) in [7, 11) is 0. The Balaban J connectivity index is 1.57. The number of para-hydroxylation sites is 1. The summed E-state index contributed by atoms with van der Waals surface area (Å²) >= 11 is 6.14. The summed E-state index contributed by atoms with van der Waals surface area (Å²) in [6.45, 7) is 8.24. The van der Waals surface area contributed by atoms with Crippen LogP contribution in [-0.4, -0.2) is 41.6 Å². The topological polar surface area (TPSA) is 28.5 Å². The van der Waals surface area contributed by atoms with Gasteiger partial charge in [0.2, 0.25) is 0 Å². The maximum Gasteiger partial charge on any atom is 0.270 e. The van der Waals surface area contributed by atoms with Crippen molar-refractivity contribution in [3.05, 3.63) is 64.8 Å². The van der Waals surface area contributed by atoms with Crippen LogP contribution in [0.4, 0.5) is 5.69 Å². The second kappa shape index (κ2) is 8.50. The number of aromatic nitrogens is 1. The molecule has 0 spiro atoms. The maximum absolute atomic E-state index is 13.5. The number of benzene rings is 2. The number of hydrogen-bond acceptors (Lipinski definition) is 2. The Labute approximate surface area is 177 Å². The van der Waals surface area contributed by atoms with Crippen LogP contribution in [0.3, 0.4) is 0 Å². The zero-order valence-corrected chi connectivity index (χ0v) is 18.0. The molecule has 0 unspecified atom stereocenters. The smallest absolute Gasteiger partial charge is 0.270 e. The van der Waals surface area contributed by atoms with E-state index in [9.17, 15) is 4.79 Å². The lowest BCUT2D eigenvalue weighted by molar-refractivity contribution is 0.0735. The molecule has 3 aromatic rings. The van der Waals surface area contributed by atoms with E-state index >= 15 is 0 Å². The van der Waals surface area contributed by atoms with E-state index in [4.69, 9.17) is 11.6 Å². The monoisotopic (exact) mass is 409 g/mol. The van der Waals surface area contributed by atoms with Crippen LogP contribution in [0.2, 0.25) is 5.02 Å². The molecule has 0 saturated carbocycles. The molecule has 1 saturated heterocycles. The molecule has 2 heterocycles. The number of fused-ring (bicyclic) bond motifs is 1. The highest BCUT2D eigenvalue weighted by Gasteiger charge is 2.27. The molecule has 0 atom stereocenters. The first-order valence-corrected chi connectivity index (χ1v) is 10.9. The van der Waals surface area contributed by atoms with E-state index in [0.29, 0.717) is 0 Å². The van der Waals surface area contributed by atoms with Gasteiger partial charge >= 0.3 is 0 Å². The Morgan fingerprint density at radius 3 is 2.52 bits per heavy atom. The minimum Gasteiger partial charge on any atom is -0.368 e. The molecule has 0 N–H and O–H groups in total. The van der Waals surface area contributed by atoms with Gasteiger partial charge < -0.3 is 14.4 Å². The lowest BCUT2D eigenvalue weighted by atomic mass is 10.1. The van der Waals surface area contributed by atoms with Crippen molar-refractivity contribution in [2.24, 2.45) is 0 Å². The minimum absolute atomic E-state index is 0.153. The van der Waals surface area contributed by atoms with Gasteiger partial charge in [-0.1, -0.05) is 49.2 Å². The molecule has 152 valence electrons. The maximum atomic E-state index is 13.5. The fourth-order valence-electron chi connectivity index (χ4n) is 4.29. The standard InChI is InChI=1S/C24H28ClN3O/c1-3-4-12-28-22-11-6-5-10-21(22)18(2)23(28)24(29)27-15-13-26(14-16-27)20-9-7-8-19(25)17-20/h5-11,17H,3-4,12-16H2,1-2H3. The summed E-state index contributed by atoms with van der Waals surface area (Å²) in [5.74, 6) is 0.153. The molecular formula is C24H28ClN3O. The van der Waals surface area contributed by atoms with E-state index in [-0.39, 0.29) is 5.91 Å². The third kappa shape index (κ3) is 3.86. The summed E-state index contributed by atoms with van der Waals surface area (Å²) in [5, 5.41) is 1.93. The van der Waals surface area contributed by atoms with Crippen molar-refractivity contribution >= 4 is 34.1 Å². The number of anilines is 1. The Morgan fingerprint density at radius 2 is 1.79 bits per heavy atom. The van der Waals surface area contributed by atoms with Crippen LogP contribution in [0.1, 0.15) is 35.8 Å². The molecule has 1 aliphatic rings. The minimum atomic E-state index is 0.153. The summed E-state index contributed by atoms with van der Waals surface area (Å²) < 4.78 is 2.24. The number of halogens is 1. The van der Waals surface area contributed by atoms with E-state index in [0.717, 1.165) is 67.5 Å². The fraction of sp³-hybridized carbons (Fsp3) is 0.375. The fourth-order valence-corrected chi connectivity index (χ4v) is 4.48. The van der Waals surface area contributed by atoms with Crippen LogP contribution in [0.15, 0.2) is 48.5 Å². The van der Waals surface area contributed by atoms with Gasteiger partial charge in [0.05, 0.1) is 0 Å². The molecule has 29 heavy (non-hydrogen) atoms. The van der Waals surface area contributed by atoms with Crippen molar-refractivity contribution in [2.75, 3.05) is 31.1 Å². The lowest BCUT2D eigenvalue weighted by Crippen LogP contribution is -2.49. The van der Waals surface area contributed by atoms with Crippen molar-refractivity contribution in [1.82, 2.24) is 9.47 Å². The highest BCUT2D eigenvalue weighted by molar-refractivity contribution is 6.30. The van der Waals surface area contributed by atoms with Gasteiger partial charge in [0.25, 0.3) is 5.91 Å². The molecule has 1 aliphatic heterocycles. The number of amides is 1. The van der Waals surface area contributed by atoms with Gasteiger partial charge in [-0.25, -0.2) is 0 Å². The van der Waals surface area contributed by atoms with E-state index < -0.39 is 0 Å². The summed E-state index contributed by atoms with van der Waals surface area (Å²) in [5.41, 5.74) is 4.24. The second-order valence-corrected chi connectivity index (χ2v) is 8.19. The van der Waals surface area contributed by atoms with Gasteiger partial charge in [0.15, 0.2) is 0 Å². The Morgan fingerprint density at radius 1 is 1.03 bits per heavy atom. The van der Waals surface area contributed by atoms with Crippen molar-refractivity contribution in [3.8, 4) is 0 Å². The van der Waals surface area contributed by atoms with Gasteiger partial charge in [-0.3, -0.25) is 4.79 Å². The summed E-state index contributed by atoms with van der Waals surface area (Å²) in [6, 6.07) is 16.3. The largest absolute Gasteiger partial charge is 0.368 e. The van der Waals surface area contributed by atoms with Gasteiger partial charge in [0, 0.05) is 54.3 Å². The average molecular weight is 410 g/mol. The van der Waals surface area contributed by atoms with Gasteiger partial charge in [-0.2, -0.15) is 0 Å². The van der Waals surface area contributed by atoms with E-state index in [1.54, 1.807) is 0 Å². The molecule has 0 aliphatic carbocycles. The van der Waals surface area contributed by atoms with Crippen LogP contribution in [0.25, 0.3) is 10.9 Å². The Kier molecular flexibility index (Phi) is 5.81. The first-order valence-electron chi connectivity index (χ1n) is 10.5. The van der Waals surface area contributed by atoms with Crippen LogP contribution in [0.5, 0.6) is 0 Å². The number of piperazine rings is 1. The number of carbonyl (C=O) groups is 1. The Hall–Kier alpha value is -2.46. The highest BCUT2D eigenvalue weighted by Crippen LogP contribution is 2.28. The van der Waals surface area contributed by atoms with Crippen LogP contribution < -0.4 is 4.90 Å². The van der Waals surface area contributed by atoms with Crippen molar-refractivity contribution in [2.45, 2.75) is 33.2 Å². The quantitative estimate of drug-likeness (QED) is 0.567. The molecule has 1 amide bonds. The number of aryl methyl sites for hydroxylation is 2. The number of carbonyl (C=O) groups excluding carboxylic acids is 1. The number of rotatable bonds is 5. The molecule has 1 fully saturated rings. The predicted molar refractivity (Wildman–Crippen MR) is 121 cm³/mol. The van der Waals surface area contributed by atoms with Crippen LogP contribution in [0, 0.1) is 6.92 Å². The van der Waals surface area contributed by atoms with Gasteiger partial charge in [-0.15, -0.1) is 0 Å². The summed E-state index contributed by atoms with van der Waals surface area (Å²) in [4.78, 5) is 17.8. The van der Waals surface area contributed by atoms with Crippen LogP contribution >= 0.6 is 11.6 Å². The van der Waals surface area contributed by atoms with Gasteiger partial charge in [-0.05, 0) is 43.2 Å². The molecule has 0 bridgehead atoms.